The molecule has 0 aliphatic carbocycles. The van der Waals surface area contributed by atoms with Crippen molar-refractivity contribution in [3.63, 3.8) is 0 Å². The van der Waals surface area contributed by atoms with Crippen molar-refractivity contribution >= 4 is 68.8 Å². The van der Waals surface area contributed by atoms with Crippen molar-refractivity contribution < 1.29 is 9.53 Å². The average molecular weight is 539 g/mol. The van der Waals surface area contributed by atoms with Crippen LogP contribution in [0.3, 0.4) is 0 Å². The molecule has 1 amide bonds. The number of thioether (sulfide) groups is 1. The van der Waals surface area contributed by atoms with E-state index in [1.54, 1.807) is 27.4 Å². The number of carbonyl (C=O) groups excluding carboxylic acids is 1. The van der Waals surface area contributed by atoms with Crippen molar-refractivity contribution in [2.75, 3.05) is 11.4 Å². The highest BCUT2D eigenvalue weighted by atomic mass is 127. The molecular formula is C22H20ClIN2O2S. The Bertz CT molecular complexity index is 1000. The lowest BCUT2D eigenvalue weighted by molar-refractivity contribution is -0.113. The number of aliphatic imine (C=N–C) groups is 1. The second-order valence-electron chi connectivity index (χ2n) is 6.27. The fourth-order valence-corrected chi connectivity index (χ4v) is 4.14. The lowest BCUT2D eigenvalue weighted by atomic mass is 10.1. The van der Waals surface area contributed by atoms with Crippen LogP contribution in [0.4, 0.5) is 5.69 Å². The third-order valence-electron chi connectivity index (χ3n) is 4.13. The molecule has 0 aromatic heterocycles. The average Bonchev–Trinajstić information content (AvgIpc) is 3.01. The van der Waals surface area contributed by atoms with Crippen LogP contribution in [0.2, 0.25) is 5.02 Å². The Hall–Kier alpha value is -1.77. The SMILES string of the molecule is CCC/N=C1/S/C(=C/c2ccc(O/C=C\I)c(Cl)c2)C(=O)N1c1ccccc1C. The molecule has 7 heteroatoms. The van der Waals surface area contributed by atoms with E-state index in [9.17, 15) is 4.79 Å². The molecule has 2 aromatic rings. The normalized spacial score (nSPS) is 17.1. The minimum Gasteiger partial charge on any atom is -0.463 e. The van der Waals surface area contributed by atoms with Crippen LogP contribution in [0, 0.1) is 6.92 Å². The number of ether oxygens (including phenoxy) is 1. The zero-order valence-electron chi connectivity index (χ0n) is 16.1. The molecule has 29 heavy (non-hydrogen) atoms. The fourth-order valence-electron chi connectivity index (χ4n) is 2.77. The van der Waals surface area contributed by atoms with Gasteiger partial charge in [0.25, 0.3) is 5.91 Å². The molecule has 3 rings (SSSR count). The molecule has 0 spiro atoms. The Balaban J connectivity index is 1.95. The number of benzene rings is 2. The maximum atomic E-state index is 13.2. The van der Waals surface area contributed by atoms with E-state index >= 15 is 0 Å². The van der Waals surface area contributed by atoms with Crippen LogP contribution in [0.1, 0.15) is 24.5 Å². The van der Waals surface area contributed by atoms with E-state index in [4.69, 9.17) is 16.3 Å². The van der Waals surface area contributed by atoms with Gasteiger partial charge < -0.3 is 4.74 Å². The predicted octanol–water partition coefficient (Wildman–Crippen LogP) is 6.82. The summed E-state index contributed by atoms with van der Waals surface area (Å²) in [5.74, 6) is 0.488. The van der Waals surface area contributed by atoms with Crippen molar-refractivity contribution in [2.24, 2.45) is 4.99 Å². The highest BCUT2D eigenvalue weighted by molar-refractivity contribution is 14.1. The zero-order valence-corrected chi connectivity index (χ0v) is 19.8. The van der Waals surface area contributed by atoms with Crippen molar-refractivity contribution in [3.8, 4) is 5.75 Å². The molecule has 0 radical (unpaired) electrons. The molecule has 0 saturated carbocycles. The Morgan fingerprint density at radius 1 is 1.28 bits per heavy atom. The molecule has 0 bridgehead atoms. The first kappa shape index (κ1) is 21.9. The maximum Gasteiger partial charge on any atom is 0.271 e. The standard InChI is InChI=1S/C22H20ClIN2O2S/c1-3-11-25-22-26(18-7-5-4-6-15(18)2)21(27)20(29-22)14-16-8-9-19(17(23)13-16)28-12-10-24/h4-10,12-14H,3,11H2,1-2H3/b12-10-,20-14+,25-22+. The molecule has 1 aliphatic rings. The predicted molar refractivity (Wildman–Crippen MR) is 132 cm³/mol. The second-order valence-corrected chi connectivity index (χ2v) is 8.41. The van der Waals surface area contributed by atoms with Gasteiger partial charge in [-0.1, -0.05) is 42.8 Å². The largest absolute Gasteiger partial charge is 0.463 e. The first-order chi connectivity index (χ1) is 14.0. The van der Waals surface area contributed by atoms with Gasteiger partial charge in [0.2, 0.25) is 0 Å². The minimum atomic E-state index is -0.0801. The van der Waals surface area contributed by atoms with Gasteiger partial charge in [0.1, 0.15) is 5.75 Å². The van der Waals surface area contributed by atoms with E-state index < -0.39 is 0 Å². The van der Waals surface area contributed by atoms with Crippen LogP contribution in [-0.4, -0.2) is 17.6 Å². The van der Waals surface area contributed by atoms with Crippen LogP contribution in [-0.2, 0) is 4.79 Å². The molecule has 1 aliphatic heterocycles. The van der Waals surface area contributed by atoms with Crippen LogP contribution in [0.5, 0.6) is 5.75 Å². The molecule has 2 aromatic carbocycles. The van der Waals surface area contributed by atoms with E-state index in [1.165, 1.54) is 11.8 Å². The molecule has 1 heterocycles. The summed E-state index contributed by atoms with van der Waals surface area (Å²) in [6, 6.07) is 13.3. The number of nitrogens with zero attached hydrogens (tertiary/aromatic N) is 2. The smallest absolute Gasteiger partial charge is 0.271 e. The summed E-state index contributed by atoms with van der Waals surface area (Å²) in [4.78, 5) is 20.2. The highest BCUT2D eigenvalue weighted by Crippen LogP contribution is 2.38. The molecule has 150 valence electrons. The molecule has 0 unspecified atom stereocenters. The van der Waals surface area contributed by atoms with Crippen LogP contribution < -0.4 is 9.64 Å². The van der Waals surface area contributed by atoms with E-state index in [0.29, 0.717) is 27.4 Å². The number of halogens is 2. The third-order valence-corrected chi connectivity index (χ3v) is 5.73. The summed E-state index contributed by atoms with van der Waals surface area (Å²) >= 11 is 9.78. The summed E-state index contributed by atoms with van der Waals surface area (Å²) in [6.45, 7) is 4.74. The van der Waals surface area contributed by atoms with Crippen molar-refractivity contribution in [1.29, 1.82) is 0 Å². The summed E-state index contributed by atoms with van der Waals surface area (Å²) in [7, 11) is 0. The van der Waals surface area contributed by atoms with Crippen LogP contribution >= 0.6 is 46.0 Å². The molecule has 1 fully saturated rings. The molecule has 4 nitrogen and oxygen atoms in total. The van der Waals surface area contributed by atoms with Crippen molar-refractivity contribution in [3.05, 3.63) is 73.9 Å². The number of para-hydroxylation sites is 1. The Kier molecular flexibility index (Phi) is 7.80. The van der Waals surface area contributed by atoms with E-state index in [-0.39, 0.29) is 5.91 Å². The van der Waals surface area contributed by atoms with Gasteiger partial charge in [0.15, 0.2) is 5.17 Å². The van der Waals surface area contributed by atoms with E-state index in [2.05, 4.69) is 34.5 Å². The Morgan fingerprint density at radius 3 is 2.76 bits per heavy atom. The summed E-state index contributed by atoms with van der Waals surface area (Å²) < 4.78 is 7.20. The Labute approximate surface area is 193 Å². The first-order valence-corrected chi connectivity index (χ1v) is 11.5. The van der Waals surface area contributed by atoms with Gasteiger partial charge in [-0.15, -0.1) is 0 Å². The van der Waals surface area contributed by atoms with Gasteiger partial charge in [-0.3, -0.25) is 14.7 Å². The van der Waals surface area contributed by atoms with Gasteiger partial charge in [-0.25, -0.2) is 0 Å². The Morgan fingerprint density at radius 2 is 2.07 bits per heavy atom. The molecule has 0 N–H and O–H groups in total. The van der Waals surface area contributed by atoms with E-state index in [1.807, 2.05) is 43.3 Å². The number of carbonyl (C=O) groups is 1. The first-order valence-electron chi connectivity index (χ1n) is 9.10. The molecule has 0 atom stereocenters. The molecular weight excluding hydrogens is 519 g/mol. The number of anilines is 1. The van der Waals surface area contributed by atoms with Gasteiger partial charge in [-0.05, 0) is 83.1 Å². The van der Waals surface area contributed by atoms with E-state index in [0.717, 1.165) is 23.2 Å². The summed E-state index contributed by atoms with van der Waals surface area (Å²) in [6.07, 6.45) is 4.32. The monoisotopic (exact) mass is 538 g/mol. The number of amides is 1. The number of aryl methyl sites for hydroxylation is 1. The number of hydrogen-bond acceptors (Lipinski definition) is 4. The van der Waals surface area contributed by atoms with Gasteiger partial charge in [0, 0.05) is 10.6 Å². The van der Waals surface area contributed by atoms with Gasteiger partial charge in [-0.2, -0.15) is 0 Å². The topological polar surface area (TPSA) is 41.9 Å². The quantitative estimate of drug-likeness (QED) is 0.230. The molecule has 1 saturated heterocycles. The minimum absolute atomic E-state index is 0.0801. The fraction of sp³-hybridized carbons (Fsp3) is 0.182. The lowest BCUT2D eigenvalue weighted by Crippen LogP contribution is -2.29. The maximum absolute atomic E-state index is 13.2. The van der Waals surface area contributed by atoms with Crippen molar-refractivity contribution in [2.45, 2.75) is 20.3 Å². The van der Waals surface area contributed by atoms with Gasteiger partial charge in [0.05, 0.1) is 21.9 Å². The number of amidine groups is 1. The number of rotatable bonds is 6. The zero-order chi connectivity index (χ0) is 20.8. The highest BCUT2D eigenvalue weighted by Gasteiger charge is 2.35. The second kappa shape index (κ2) is 10.3. The number of hydrogen-bond donors (Lipinski definition) is 0. The van der Waals surface area contributed by atoms with Crippen LogP contribution in [0.15, 0.2) is 62.7 Å². The van der Waals surface area contributed by atoms with Gasteiger partial charge >= 0.3 is 0 Å². The van der Waals surface area contributed by atoms with Crippen LogP contribution in [0.25, 0.3) is 6.08 Å². The summed E-state index contributed by atoms with van der Waals surface area (Å²) in [5.41, 5.74) is 2.72. The lowest BCUT2D eigenvalue weighted by Gasteiger charge is -2.17. The third kappa shape index (κ3) is 5.24. The van der Waals surface area contributed by atoms with Crippen molar-refractivity contribution in [1.82, 2.24) is 0 Å². The summed E-state index contributed by atoms with van der Waals surface area (Å²) in [5, 5.41) is 1.19.